The summed E-state index contributed by atoms with van der Waals surface area (Å²) in [5, 5.41) is 4.05. The summed E-state index contributed by atoms with van der Waals surface area (Å²) in [4.78, 5) is 26.5. The number of piperidine rings is 1. The highest BCUT2D eigenvalue weighted by Crippen LogP contribution is 2.17. The Hall–Kier alpha value is -2.19. The molecule has 1 aromatic rings. The minimum absolute atomic E-state index is 0.0258. The zero-order valence-corrected chi connectivity index (χ0v) is 18.7. The molecule has 1 aromatic carbocycles. The van der Waals surface area contributed by atoms with E-state index in [2.05, 4.69) is 10.0 Å². The standard InChI is InChI=1S/C22H33N3O4S/c1-3-19(4-2)22(27)25-15-11-20(12-16-25)24-21(26)10-14-23-30(28,29)17-13-18-8-6-5-7-9-18/h5-9,13,17,19-20,23H,3-4,10-12,14-16H2,1-2H3,(H,24,26). The summed E-state index contributed by atoms with van der Waals surface area (Å²) < 4.78 is 26.4. The van der Waals surface area contributed by atoms with E-state index in [-0.39, 0.29) is 36.7 Å². The van der Waals surface area contributed by atoms with Crippen LogP contribution in [0.25, 0.3) is 6.08 Å². The zero-order chi connectivity index (χ0) is 22.0. The highest BCUT2D eigenvalue weighted by molar-refractivity contribution is 7.92. The lowest BCUT2D eigenvalue weighted by Crippen LogP contribution is -2.48. The lowest BCUT2D eigenvalue weighted by molar-refractivity contribution is -0.137. The predicted molar refractivity (Wildman–Crippen MR) is 119 cm³/mol. The van der Waals surface area contributed by atoms with E-state index in [9.17, 15) is 18.0 Å². The Morgan fingerprint density at radius 2 is 1.77 bits per heavy atom. The molecule has 7 nitrogen and oxygen atoms in total. The van der Waals surface area contributed by atoms with Crippen molar-refractivity contribution in [1.29, 1.82) is 0 Å². The number of rotatable bonds is 10. The summed E-state index contributed by atoms with van der Waals surface area (Å²) in [6.45, 7) is 5.41. The van der Waals surface area contributed by atoms with Gasteiger partial charge in [0.25, 0.3) is 0 Å². The van der Waals surface area contributed by atoms with Crippen LogP contribution in [0.4, 0.5) is 0 Å². The number of amides is 2. The van der Waals surface area contributed by atoms with E-state index in [1.165, 1.54) is 6.08 Å². The van der Waals surface area contributed by atoms with Crippen molar-refractivity contribution in [2.75, 3.05) is 19.6 Å². The molecule has 1 fully saturated rings. The minimum atomic E-state index is -3.59. The van der Waals surface area contributed by atoms with Gasteiger partial charge in [-0.2, -0.15) is 0 Å². The van der Waals surface area contributed by atoms with Crippen LogP contribution in [0.5, 0.6) is 0 Å². The molecule has 0 atom stereocenters. The minimum Gasteiger partial charge on any atom is -0.353 e. The Kier molecular flexibility index (Phi) is 9.52. The molecule has 0 aliphatic carbocycles. The van der Waals surface area contributed by atoms with Gasteiger partial charge in [0.05, 0.1) is 0 Å². The van der Waals surface area contributed by atoms with E-state index < -0.39 is 10.0 Å². The molecule has 0 spiro atoms. The number of nitrogens with zero attached hydrogens (tertiary/aromatic N) is 1. The maximum absolute atomic E-state index is 12.4. The van der Waals surface area contributed by atoms with Crippen LogP contribution in [-0.2, 0) is 19.6 Å². The van der Waals surface area contributed by atoms with Crippen LogP contribution < -0.4 is 10.0 Å². The highest BCUT2D eigenvalue weighted by atomic mass is 32.2. The van der Waals surface area contributed by atoms with Crippen molar-refractivity contribution in [3.8, 4) is 0 Å². The van der Waals surface area contributed by atoms with Gasteiger partial charge >= 0.3 is 0 Å². The average Bonchev–Trinajstić information content (AvgIpc) is 2.74. The second-order valence-electron chi connectivity index (χ2n) is 7.58. The van der Waals surface area contributed by atoms with E-state index in [1.807, 2.05) is 49.1 Å². The molecule has 0 saturated carbocycles. The average molecular weight is 436 g/mol. The van der Waals surface area contributed by atoms with Crippen LogP contribution in [0.15, 0.2) is 35.7 Å². The number of carbonyl (C=O) groups excluding carboxylic acids is 2. The van der Waals surface area contributed by atoms with Gasteiger partial charge in [-0.05, 0) is 37.3 Å². The van der Waals surface area contributed by atoms with Crippen LogP contribution in [0.1, 0.15) is 51.5 Å². The van der Waals surface area contributed by atoms with Crippen molar-refractivity contribution in [2.24, 2.45) is 5.92 Å². The molecule has 0 radical (unpaired) electrons. The normalized spacial score (nSPS) is 15.6. The van der Waals surface area contributed by atoms with Crippen molar-refractivity contribution in [2.45, 2.75) is 52.0 Å². The van der Waals surface area contributed by atoms with Crippen LogP contribution in [-0.4, -0.2) is 50.8 Å². The van der Waals surface area contributed by atoms with Crippen molar-refractivity contribution in [3.63, 3.8) is 0 Å². The Balaban J connectivity index is 1.69. The molecule has 166 valence electrons. The third kappa shape index (κ3) is 7.91. The monoisotopic (exact) mass is 435 g/mol. The Morgan fingerprint density at radius 3 is 2.37 bits per heavy atom. The molecule has 0 aromatic heterocycles. The second kappa shape index (κ2) is 11.9. The van der Waals surface area contributed by atoms with E-state index in [0.717, 1.165) is 36.7 Å². The summed E-state index contributed by atoms with van der Waals surface area (Å²) in [6, 6.07) is 9.16. The van der Waals surface area contributed by atoms with Gasteiger partial charge in [0.2, 0.25) is 21.8 Å². The topological polar surface area (TPSA) is 95.6 Å². The van der Waals surface area contributed by atoms with Crippen LogP contribution in [0.3, 0.4) is 0 Å². The number of likely N-dealkylation sites (tertiary alicyclic amines) is 1. The third-order valence-electron chi connectivity index (χ3n) is 5.40. The van der Waals surface area contributed by atoms with Crippen molar-refractivity contribution in [3.05, 3.63) is 41.3 Å². The molecule has 30 heavy (non-hydrogen) atoms. The SMILES string of the molecule is CCC(CC)C(=O)N1CCC(NC(=O)CCNS(=O)(=O)C=Cc2ccccc2)CC1. The number of sulfonamides is 1. The van der Waals surface area contributed by atoms with Gasteiger partial charge in [-0.3, -0.25) is 9.59 Å². The molecular formula is C22H33N3O4S. The molecule has 8 heteroatoms. The van der Waals surface area contributed by atoms with Gasteiger partial charge < -0.3 is 10.2 Å². The molecule has 0 unspecified atom stereocenters. The van der Waals surface area contributed by atoms with Crippen molar-refractivity contribution >= 4 is 27.9 Å². The zero-order valence-electron chi connectivity index (χ0n) is 17.8. The Bertz CT molecular complexity index is 812. The molecule has 1 heterocycles. The van der Waals surface area contributed by atoms with Gasteiger partial charge in [0, 0.05) is 43.4 Å². The number of benzene rings is 1. The fraction of sp³-hybridized carbons (Fsp3) is 0.545. The maximum atomic E-state index is 12.4. The van der Waals surface area contributed by atoms with Crippen LogP contribution in [0, 0.1) is 5.92 Å². The summed E-state index contributed by atoms with van der Waals surface area (Å²) in [5.41, 5.74) is 0.787. The number of hydrogen-bond acceptors (Lipinski definition) is 4. The van der Waals surface area contributed by atoms with Crippen LogP contribution >= 0.6 is 0 Å². The maximum Gasteiger partial charge on any atom is 0.233 e. The smallest absolute Gasteiger partial charge is 0.233 e. The summed E-state index contributed by atoms with van der Waals surface area (Å²) in [5.74, 6) is 0.109. The van der Waals surface area contributed by atoms with Gasteiger partial charge in [0.15, 0.2) is 0 Å². The molecule has 2 rings (SSSR count). The third-order valence-corrected chi connectivity index (χ3v) is 6.50. The van der Waals surface area contributed by atoms with Gasteiger partial charge in [-0.1, -0.05) is 44.2 Å². The quantitative estimate of drug-likeness (QED) is 0.590. The fourth-order valence-electron chi connectivity index (χ4n) is 3.53. The predicted octanol–water partition coefficient (Wildman–Crippen LogP) is 2.51. The molecule has 1 aliphatic heterocycles. The lowest BCUT2D eigenvalue weighted by atomic mass is 9.98. The fourth-order valence-corrected chi connectivity index (χ4v) is 4.35. The lowest BCUT2D eigenvalue weighted by Gasteiger charge is -2.34. The Morgan fingerprint density at radius 1 is 1.13 bits per heavy atom. The second-order valence-corrected chi connectivity index (χ2v) is 9.23. The molecular weight excluding hydrogens is 402 g/mol. The van der Waals surface area contributed by atoms with E-state index >= 15 is 0 Å². The van der Waals surface area contributed by atoms with Crippen LogP contribution in [0.2, 0.25) is 0 Å². The molecule has 2 amide bonds. The largest absolute Gasteiger partial charge is 0.353 e. The van der Waals surface area contributed by atoms with Gasteiger partial charge in [-0.25, -0.2) is 13.1 Å². The summed E-state index contributed by atoms with van der Waals surface area (Å²) in [6.07, 6.45) is 4.74. The first-order chi connectivity index (χ1) is 14.3. The molecule has 1 saturated heterocycles. The molecule has 0 bridgehead atoms. The summed E-state index contributed by atoms with van der Waals surface area (Å²) in [7, 11) is -3.59. The summed E-state index contributed by atoms with van der Waals surface area (Å²) >= 11 is 0. The van der Waals surface area contributed by atoms with Gasteiger partial charge in [0.1, 0.15) is 0 Å². The van der Waals surface area contributed by atoms with Gasteiger partial charge in [-0.15, -0.1) is 0 Å². The first-order valence-corrected chi connectivity index (χ1v) is 12.2. The molecule has 2 N–H and O–H groups in total. The van der Waals surface area contributed by atoms with Crippen molar-refractivity contribution in [1.82, 2.24) is 14.9 Å². The van der Waals surface area contributed by atoms with E-state index in [1.54, 1.807) is 0 Å². The van der Waals surface area contributed by atoms with E-state index in [0.29, 0.717) is 13.1 Å². The highest BCUT2D eigenvalue weighted by Gasteiger charge is 2.27. The number of carbonyl (C=O) groups is 2. The first kappa shape index (κ1) is 24.1. The Labute approximate surface area is 180 Å². The number of nitrogens with one attached hydrogen (secondary N) is 2. The van der Waals surface area contributed by atoms with E-state index in [4.69, 9.17) is 0 Å². The first-order valence-electron chi connectivity index (χ1n) is 10.7. The number of hydrogen-bond donors (Lipinski definition) is 2. The molecule has 1 aliphatic rings. The van der Waals surface area contributed by atoms with Crippen molar-refractivity contribution < 1.29 is 18.0 Å².